The smallest absolute Gasteiger partial charge is 0.314 e. The van der Waals surface area contributed by atoms with Crippen molar-refractivity contribution in [3.8, 4) is 0 Å². The van der Waals surface area contributed by atoms with E-state index in [1.165, 1.54) is 6.07 Å². The fourth-order valence-electron chi connectivity index (χ4n) is 2.39. The standard InChI is InChI=1S/C13H18N4O3/c1-9-2-3-12(17(19)20)11(8-9)15-10-4-6-16(7-5-10)13(14)18/h2-3,8,10,15H,4-7H2,1H3,(H2,14,18). The molecule has 1 saturated heterocycles. The molecule has 20 heavy (non-hydrogen) atoms. The highest BCUT2D eigenvalue weighted by Gasteiger charge is 2.23. The average molecular weight is 278 g/mol. The third-order valence-electron chi connectivity index (χ3n) is 3.52. The summed E-state index contributed by atoms with van der Waals surface area (Å²) < 4.78 is 0. The third-order valence-corrected chi connectivity index (χ3v) is 3.52. The van der Waals surface area contributed by atoms with Crippen LogP contribution < -0.4 is 11.1 Å². The Morgan fingerprint density at radius 1 is 1.45 bits per heavy atom. The van der Waals surface area contributed by atoms with Crippen LogP contribution in [0.5, 0.6) is 0 Å². The Labute approximate surface area is 116 Å². The van der Waals surface area contributed by atoms with E-state index in [4.69, 9.17) is 5.73 Å². The first-order valence-corrected chi connectivity index (χ1v) is 6.53. The number of nitro groups is 1. The lowest BCUT2D eigenvalue weighted by atomic mass is 10.0. The van der Waals surface area contributed by atoms with Crippen LogP contribution in [0, 0.1) is 17.0 Å². The second kappa shape index (κ2) is 5.77. The van der Waals surface area contributed by atoms with Gasteiger partial charge < -0.3 is 16.0 Å². The number of urea groups is 1. The lowest BCUT2D eigenvalue weighted by Gasteiger charge is -2.31. The molecule has 3 N–H and O–H groups in total. The number of primary amides is 1. The zero-order valence-electron chi connectivity index (χ0n) is 11.3. The lowest BCUT2D eigenvalue weighted by molar-refractivity contribution is -0.384. The molecule has 0 unspecified atom stereocenters. The molecule has 7 nitrogen and oxygen atoms in total. The van der Waals surface area contributed by atoms with Crippen LogP contribution in [0.15, 0.2) is 18.2 Å². The predicted molar refractivity (Wildman–Crippen MR) is 75.6 cm³/mol. The van der Waals surface area contributed by atoms with Gasteiger partial charge in [-0.3, -0.25) is 10.1 Å². The van der Waals surface area contributed by atoms with Crippen LogP contribution in [0.4, 0.5) is 16.2 Å². The maximum atomic E-state index is 11.0. The molecule has 0 aliphatic carbocycles. The minimum atomic E-state index is -0.412. The maximum absolute atomic E-state index is 11.0. The Morgan fingerprint density at radius 2 is 2.10 bits per heavy atom. The van der Waals surface area contributed by atoms with E-state index in [1.807, 2.05) is 6.92 Å². The Balaban J connectivity index is 2.06. The van der Waals surface area contributed by atoms with Gasteiger partial charge in [0.25, 0.3) is 5.69 Å². The topological polar surface area (TPSA) is 102 Å². The van der Waals surface area contributed by atoms with Gasteiger partial charge in [-0.05, 0) is 31.4 Å². The third kappa shape index (κ3) is 3.17. The number of hydrogen-bond acceptors (Lipinski definition) is 4. The number of carbonyl (C=O) groups is 1. The van der Waals surface area contributed by atoms with Gasteiger partial charge in [0.05, 0.1) is 4.92 Å². The van der Waals surface area contributed by atoms with Crippen LogP contribution in [-0.4, -0.2) is 35.0 Å². The number of aryl methyl sites for hydroxylation is 1. The number of nitrogens with two attached hydrogens (primary N) is 1. The molecular formula is C13H18N4O3. The number of hydrogen-bond donors (Lipinski definition) is 2. The van der Waals surface area contributed by atoms with Gasteiger partial charge in [0.15, 0.2) is 0 Å². The molecule has 1 aliphatic rings. The van der Waals surface area contributed by atoms with Gasteiger partial charge in [0.1, 0.15) is 5.69 Å². The number of benzene rings is 1. The molecule has 1 aromatic carbocycles. The number of amides is 2. The molecule has 0 aromatic heterocycles. The summed E-state index contributed by atoms with van der Waals surface area (Å²) in [6.07, 6.45) is 1.46. The molecule has 1 fully saturated rings. The zero-order valence-corrected chi connectivity index (χ0v) is 11.3. The van der Waals surface area contributed by atoms with Crippen molar-refractivity contribution in [2.24, 2.45) is 5.73 Å². The van der Waals surface area contributed by atoms with Crippen molar-refractivity contribution < 1.29 is 9.72 Å². The maximum Gasteiger partial charge on any atom is 0.314 e. The van der Waals surface area contributed by atoms with Crippen LogP contribution in [-0.2, 0) is 0 Å². The molecule has 0 spiro atoms. The Kier molecular flexibility index (Phi) is 4.07. The second-order valence-corrected chi connectivity index (χ2v) is 5.02. The molecule has 1 heterocycles. The molecule has 0 saturated carbocycles. The van der Waals surface area contributed by atoms with E-state index in [2.05, 4.69) is 5.32 Å². The molecule has 1 aromatic rings. The van der Waals surface area contributed by atoms with Crippen LogP contribution in [0.3, 0.4) is 0 Å². The SMILES string of the molecule is Cc1ccc([N+](=O)[O-])c(NC2CCN(C(N)=O)CC2)c1. The van der Waals surface area contributed by atoms with E-state index in [9.17, 15) is 14.9 Å². The van der Waals surface area contributed by atoms with Crippen LogP contribution in [0.25, 0.3) is 0 Å². The first-order chi connectivity index (χ1) is 9.47. The molecule has 7 heteroatoms. The summed E-state index contributed by atoms with van der Waals surface area (Å²) in [6, 6.07) is 4.71. The number of likely N-dealkylation sites (tertiary alicyclic amines) is 1. The first kappa shape index (κ1) is 14.1. The van der Waals surface area contributed by atoms with E-state index >= 15 is 0 Å². The minimum Gasteiger partial charge on any atom is -0.377 e. The summed E-state index contributed by atoms with van der Waals surface area (Å²) in [5.41, 5.74) is 6.80. The van der Waals surface area contributed by atoms with Crippen LogP contribution in [0.2, 0.25) is 0 Å². The van der Waals surface area contributed by atoms with E-state index in [-0.39, 0.29) is 16.7 Å². The summed E-state index contributed by atoms with van der Waals surface area (Å²) >= 11 is 0. The summed E-state index contributed by atoms with van der Waals surface area (Å²) in [6.45, 7) is 3.05. The highest BCUT2D eigenvalue weighted by molar-refractivity contribution is 5.72. The number of anilines is 1. The van der Waals surface area contributed by atoms with Crippen LogP contribution >= 0.6 is 0 Å². The number of nitrogens with one attached hydrogen (secondary N) is 1. The van der Waals surface area contributed by atoms with E-state index < -0.39 is 6.03 Å². The van der Waals surface area contributed by atoms with Gasteiger partial charge in [-0.2, -0.15) is 0 Å². The van der Waals surface area contributed by atoms with Crippen molar-refractivity contribution in [3.63, 3.8) is 0 Å². The summed E-state index contributed by atoms with van der Waals surface area (Å²) in [7, 11) is 0. The monoisotopic (exact) mass is 278 g/mol. The van der Waals surface area contributed by atoms with E-state index in [0.717, 1.165) is 18.4 Å². The highest BCUT2D eigenvalue weighted by atomic mass is 16.6. The van der Waals surface area contributed by atoms with Gasteiger partial charge in [-0.1, -0.05) is 6.07 Å². The molecule has 108 valence electrons. The highest BCUT2D eigenvalue weighted by Crippen LogP contribution is 2.27. The summed E-state index contributed by atoms with van der Waals surface area (Å²) in [5, 5.41) is 14.2. The Bertz CT molecular complexity index is 524. The van der Waals surface area contributed by atoms with Crippen molar-refractivity contribution in [3.05, 3.63) is 33.9 Å². The number of piperidine rings is 1. The molecule has 0 radical (unpaired) electrons. The van der Waals surface area contributed by atoms with E-state index in [1.54, 1.807) is 17.0 Å². The Morgan fingerprint density at radius 3 is 2.65 bits per heavy atom. The molecular weight excluding hydrogens is 260 g/mol. The average Bonchev–Trinajstić information content (AvgIpc) is 2.39. The van der Waals surface area contributed by atoms with Crippen molar-refractivity contribution >= 4 is 17.4 Å². The van der Waals surface area contributed by atoms with Crippen molar-refractivity contribution in [1.29, 1.82) is 0 Å². The number of carbonyl (C=O) groups excluding carboxylic acids is 1. The fraction of sp³-hybridized carbons (Fsp3) is 0.462. The largest absolute Gasteiger partial charge is 0.377 e. The second-order valence-electron chi connectivity index (χ2n) is 5.02. The van der Waals surface area contributed by atoms with Crippen molar-refractivity contribution in [1.82, 2.24) is 4.90 Å². The van der Waals surface area contributed by atoms with Gasteiger partial charge in [0.2, 0.25) is 0 Å². The number of nitrogens with zero attached hydrogens (tertiary/aromatic N) is 2. The predicted octanol–water partition coefficient (Wildman–Crippen LogP) is 1.86. The number of nitro benzene ring substituents is 1. The molecule has 0 bridgehead atoms. The number of rotatable bonds is 3. The zero-order chi connectivity index (χ0) is 14.7. The quantitative estimate of drug-likeness (QED) is 0.650. The lowest BCUT2D eigenvalue weighted by Crippen LogP contribution is -2.44. The molecule has 1 aliphatic heterocycles. The van der Waals surface area contributed by atoms with Gasteiger partial charge in [0, 0.05) is 25.2 Å². The van der Waals surface area contributed by atoms with Gasteiger partial charge in [-0.25, -0.2) is 4.79 Å². The molecule has 0 atom stereocenters. The van der Waals surface area contributed by atoms with Gasteiger partial charge in [-0.15, -0.1) is 0 Å². The van der Waals surface area contributed by atoms with Crippen molar-refractivity contribution in [2.45, 2.75) is 25.8 Å². The van der Waals surface area contributed by atoms with Gasteiger partial charge >= 0.3 is 6.03 Å². The van der Waals surface area contributed by atoms with E-state index in [0.29, 0.717) is 18.8 Å². The summed E-state index contributed by atoms with van der Waals surface area (Å²) in [5.74, 6) is 0. The van der Waals surface area contributed by atoms with Crippen LogP contribution in [0.1, 0.15) is 18.4 Å². The molecule has 2 rings (SSSR count). The summed E-state index contributed by atoms with van der Waals surface area (Å²) in [4.78, 5) is 23.3. The fourth-order valence-corrected chi connectivity index (χ4v) is 2.39. The minimum absolute atomic E-state index is 0.0768. The molecule has 2 amide bonds. The van der Waals surface area contributed by atoms with Crippen molar-refractivity contribution in [2.75, 3.05) is 18.4 Å². The first-order valence-electron chi connectivity index (χ1n) is 6.53. The Hall–Kier alpha value is -2.31. The normalized spacial score (nSPS) is 15.9.